The molecule has 31 heavy (non-hydrogen) atoms. The number of nitrogens with zero attached hydrogens (tertiary/aromatic N) is 1. The van der Waals surface area contributed by atoms with Crippen LogP contribution in [0.5, 0.6) is 0 Å². The minimum Gasteiger partial charge on any atom is -0.454 e. The Morgan fingerprint density at radius 1 is 1.10 bits per heavy atom. The van der Waals surface area contributed by atoms with Crippen LogP contribution >= 0.6 is 0 Å². The van der Waals surface area contributed by atoms with Crippen LogP contribution in [0.25, 0.3) is 0 Å². The molecule has 0 unspecified atom stereocenters. The van der Waals surface area contributed by atoms with Crippen molar-refractivity contribution in [3.8, 4) is 0 Å². The van der Waals surface area contributed by atoms with E-state index < -0.39 is 28.6 Å². The third-order valence-electron chi connectivity index (χ3n) is 5.78. The maximum Gasteiger partial charge on any atom is 0.324 e. The number of benzene rings is 2. The molecule has 8 heteroatoms. The van der Waals surface area contributed by atoms with Gasteiger partial charge >= 0.3 is 5.97 Å². The van der Waals surface area contributed by atoms with Gasteiger partial charge in [0.2, 0.25) is 10.0 Å². The van der Waals surface area contributed by atoms with Crippen LogP contribution in [0.1, 0.15) is 34.7 Å². The van der Waals surface area contributed by atoms with Crippen molar-refractivity contribution in [2.75, 3.05) is 18.1 Å². The summed E-state index contributed by atoms with van der Waals surface area (Å²) in [5.41, 5.74) is 4.88. The van der Waals surface area contributed by atoms with Gasteiger partial charge in [-0.1, -0.05) is 24.3 Å². The van der Waals surface area contributed by atoms with Gasteiger partial charge in [-0.3, -0.25) is 9.59 Å². The third-order valence-corrected chi connectivity index (χ3v) is 7.59. The zero-order valence-electron chi connectivity index (χ0n) is 18.5. The van der Waals surface area contributed by atoms with Gasteiger partial charge < -0.3 is 9.64 Å². The molecule has 0 aromatic heterocycles. The molecule has 0 saturated carbocycles. The van der Waals surface area contributed by atoms with Crippen LogP contribution in [-0.4, -0.2) is 39.5 Å². The summed E-state index contributed by atoms with van der Waals surface area (Å²) in [5.74, 6) is -1.14. The highest BCUT2D eigenvalue weighted by Gasteiger charge is 2.29. The molecule has 0 radical (unpaired) electrons. The first-order chi connectivity index (χ1) is 14.5. The number of anilines is 1. The van der Waals surface area contributed by atoms with E-state index >= 15 is 0 Å². The molecule has 0 spiro atoms. The minimum absolute atomic E-state index is 0.175. The Labute approximate surface area is 183 Å². The molecular weight excluding hydrogens is 416 g/mol. The minimum atomic E-state index is -3.95. The van der Waals surface area contributed by atoms with E-state index in [1.165, 1.54) is 6.92 Å². The lowest BCUT2D eigenvalue weighted by atomic mass is 10.0. The fourth-order valence-electron chi connectivity index (χ4n) is 3.86. The molecule has 0 aliphatic carbocycles. The number of fused-ring (bicyclic) bond motifs is 1. The van der Waals surface area contributed by atoms with Crippen LogP contribution in [0.2, 0.25) is 0 Å². The van der Waals surface area contributed by atoms with E-state index in [2.05, 4.69) is 4.72 Å². The first-order valence-electron chi connectivity index (χ1n) is 10.2. The zero-order valence-corrected chi connectivity index (χ0v) is 19.3. The maximum atomic E-state index is 13.0. The van der Waals surface area contributed by atoms with Gasteiger partial charge in [-0.05, 0) is 74.9 Å². The van der Waals surface area contributed by atoms with Crippen LogP contribution < -0.4 is 9.62 Å². The number of nitrogens with one attached hydrogen (secondary N) is 1. The molecule has 3 rings (SSSR count). The first kappa shape index (κ1) is 23.0. The standard InChI is InChI=1S/C23H28N2O5S/c1-14-12-15(2)17(4)22(16(14)3)31(28,29)24-18(5)23(27)30-13-21(26)25-11-10-19-8-6-7-9-20(19)25/h6-9,12,18,24H,10-11,13H2,1-5H3/t18-/m0/s1. The van der Waals surface area contributed by atoms with Crippen molar-refractivity contribution >= 4 is 27.6 Å². The van der Waals surface area contributed by atoms with Crippen LogP contribution in [0.4, 0.5) is 5.69 Å². The number of esters is 1. The Morgan fingerprint density at radius 2 is 1.71 bits per heavy atom. The average Bonchev–Trinajstić information content (AvgIpc) is 3.14. The molecule has 1 aliphatic rings. The molecule has 0 saturated heterocycles. The van der Waals surface area contributed by atoms with Crippen molar-refractivity contribution in [2.24, 2.45) is 0 Å². The van der Waals surface area contributed by atoms with E-state index in [1.54, 1.807) is 18.7 Å². The highest BCUT2D eigenvalue weighted by atomic mass is 32.2. The molecular formula is C23H28N2O5S. The molecule has 2 aromatic rings. The number of aryl methyl sites for hydroxylation is 2. The van der Waals surface area contributed by atoms with Crippen molar-refractivity contribution in [1.29, 1.82) is 0 Å². The van der Waals surface area contributed by atoms with Crippen molar-refractivity contribution in [3.63, 3.8) is 0 Å². The fourth-order valence-corrected chi connectivity index (χ4v) is 5.66. The number of amides is 1. The summed E-state index contributed by atoms with van der Waals surface area (Å²) in [6, 6.07) is 8.38. The lowest BCUT2D eigenvalue weighted by Gasteiger charge is -2.20. The van der Waals surface area contributed by atoms with E-state index in [1.807, 2.05) is 44.2 Å². The molecule has 1 aliphatic heterocycles. The van der Waals surface area contributed by atoms with Crippen LogP contribution in [0.3, 0.4) is 0 Å². The summed E-state index contributed by atoms with van der Waals surface area (Å²) in [5, 5.41) is 0. The van der Waals surface area contributed by atoms with Gasteiger partial charge in [-0.2, -0.15) is 4.72 Å². The molecule has 1 N–H and O–H groups in total. The molecule has 0 fully saturated rings. The Morgan fingerprint density at radius 3 is 2.35 bits per heavy atom. The number of rotatable bonds is 6. The van der Waals surface area contributed by atoms with Crippen molar-refractivity contribution < 1.29 is 22.7 Å². The van der Waals surface area contributed by atoms with E-state index in [0.29, 0.717) is 17.7 Å². The second-order valence-corrected chi connectivity index (χ2v) is 9.62. The first-order valence-corrected chi connectivity index (χ1v) is 11.7. The van der Waals surface area contributed by atoms with Crippen molar-refractivity contribution in [3.05, 3.63) is 58.1 Å². The van der Waals surface area contributed by atoms with Gasteiger partial charge in [0.05, 0.1) is 4.90 Å². The maximum absolute atomic E-state index is 13.0. The second kappa shape index (κ2) is 8.80. The summed E-state index contributed by atoms with van der Waals surface area (Å²) in [7, 11) is -3.95. The quantitative estimate of drug-likeness (QED) is 0.692. The van der Waals surface area contributed by atoms with Crippen LogP contribution in [0.15, 0.2) is 35.2 Å². The van der Waals surface area contributed by atoms with E-state index in [-0.39, 0.29) is 10.8 Å². The predicted octanol–water partition coefficient (Wildman–Crippen LogP) is 2.72. The molecule has 1 heterocycles. The summed E-state index contributed by atoms with van der Waals surface area (Å²) in [6.45, 7) is 8.67. The van der Waals surface area contributed by atoms with Crippen molar-refractivity contribution in [1.82, 2.24) is 4.72 Å². The molecule has 166 valence electrons. The molecule has 2 aromatic carbocycles. The van der Waals surface area contributed by atoms with Gasteiger partial charge in [-0.15, -0.1) is 0 Å². The molecule has 1 atom stereocenters. The number of hydrogen-bond donors (Lipinski definition) is 1. The van der Waals surface area contributed by atoms with Gasteiger partial charge in [0, 0.05) is 12.2 Å². The predicted molar refractivity (Wildman–Crippen MR) is 119 cm³/mol. The number of carbonyl (C=O) groups is 2. The number of ether oxygens (including phenoxy) is 1. The number of para-hydroxylation sites is 1. The highest BCUT2D eigenvalue weighted by Crippen LogP contribution is 2.28. The lowest BCUT2D eigenvalue weighted by molar-refractivity contribution is -0.149. The fraction of sp³-hybridized carbons (Fsp3) is 0.391. The Bertz CT molecular complexity index is 1110. The summed E-state index contributed by atoms with van der Waals surface area (Å²) >= 11 is 0. The third kappa shape index (κ3) is 4.65. The number of sulfonamides is 1. The normalized spacial score (nSPS) is 14.3. The second-order valence-electron chi connectivity index (χ2n) is 7.96. The molecule has 7 nitrogen and oxygen atoms in total. The largest absolute Gasteiger partial charge is 0.454 e. The summed E-state index contributed by atoms with van der Waals surface area (Å²) < 4.78 is 33.5. The Balaban J connectivity index is 1.66. The summed E-state index contributed by atoms with van der Waals surface area (Å²) in [4.78, 5) is 26.7. The van der Waals surface area contributed by atoms with Crippen molar-refractivity contribution in [2.45, 2.75) is 52.0 Å². The SMILES string of the molecule is Cc1cc(C)c(C)c(S(=O)(=O)N[C@@H](C)C(=O)OCC(=O)N2CCc3ccccc32)c1C. The Kier molecular flexibility index (Phi) is 6.52. The number of carbonyl (C=O) groups excluding carboxylic acids is 2. The highest BCUT2D eigenvalue weighted by molar-refractivity contribution is 7.89. The smallest absolute Gasteiger partial charge is 0.324 e. The van der Waals surface area contributed by atoms with Gasteiger partial charge in [0.1, 0.15) is 6.04 Å². The zero-order chi connectivity index (χ0) is 22.9. The average molecular weight is 445 g/mol. The molecule has 1 amide bonds. The van der Waals surface area contributed by atoms with Gasteiger partial charge in [0.25, 0.3) is 5.91 Å². The summed E-state index contributed by atoms with van der Waals surface area (Å²) in [6.07, 6.45) is 0.751. The Hall–Kier alpha value is -2.71. The van der Waals surface area contributed by atoms with Gasteiger partial charge in [-0.25, -0.2) is 8.42 Å². The van der Waals surface area contributed by atoms with Gasteiger partial charge in [0.15, 0.2) is 6.61 Å². The van der Waals surface area contributed by atoms with Crippen LogP contribution in [0, 0.1) is 27.7 Å². The van der Waals surface area contributed by atoms with E-state index in [9.17, 15) is 18.0 Å². The monoisotopic (exact) mass is 444 g/mol. The van der Waals surface area contributed by atoms with E-state index in [0.717, 1.165) is 28.8 Å². The van der Waals surface area contributed by atoms with Crippen LogP contribution in [-0.2, 0) is 30.8 Å². The molecule has 0 bridgehead atoms. The lowest BCUT2D eigenvalue weighted by Crippen LogP contribution is -2.41. The number of hydrogen-bond acceptors (Lipinski definition) is 5. The topological polar surface area (TPSA) is 92.8 Å². The van der Waals surface area contributed by atoms with E-state index in [4.69, 9.17) is 4.74 Å².